The number of anilines is 1. The third-order valence-corrected chi connectivity index (χ3v) is 3.23. The summed E-state index contributed by atoms with van der Waals surface area (Å²) in [4.78, 5) is 16.0. The van der Waals surface area contributed by atoms with Crippen LogP contribution in [0.1, 0.15) is 10.4 Å². The van der Waals surface area contributed by atoms with Gasteiger partial charge in [-0.25, -0.2) is 10.8 Å². The Bertz CT molecular complexity index is 634. The minimum atomic E-state index is -4.48. The lowest BCUT2D eigenvalue weighted by Gasteiger charge is -2.09. The number of nitrogens with zero attached hydrogens (tertiary/aromatic N) is 2. The van der Waals surface area contributed by atoms with Crippen LogP contribution in [0.5, 0.6) is 0 Å². The van der Waals surface area contributed by atoms with E-state index in [2.05, 4.69) is 10.4 Å². The molecule has 0 aromatic carbocycles. The summed E-state index contributed by atoms with van der Waals surface area (Å²) in [6.07, 6.45) is -2.24. The molecule has 0 radical (unpaired) electrons. The number of nitrogens with one attached hydrogen (secondary N) is 1. The van der Waals surface area contributed by atoms with Gasteiger partial charge in [-0.3, -0.25) is 10.2 Å². The van der Waals surface area contributed by atoms with Crippen molar-refractivity contribution in [1.29, 1.82) is 0 Å². The van der Waals surface area contributed by atoms with Gasteiger partial charge in [0.1, 0.15) is 0 Å². The van der Waals surface area contributed by atoms with Crippen molar-refractivity contribution in [2.45, 2.75) is 12.7 Å². The average molecular weight is 290 g/mol. The normalized spacial score (nSPS) is 11.6. The first-order chi connectivity index (χ1) is 8.90. The number of nitrogens with two attached hydrogens (primary N) is 1. The molecule has 3 N–H and O–H groups in total. The first-order valence-electron chi connectivity index (χ1n) is 5.09. The molecule has 0 fully saturated rings. The number of hydrogen-bond donors (Lipinski definition) is 2. The molecule has 102 valence electrons. The molecule has 9 heteroatoms. The van der Waals surface area contributed by atoms with Crippen LogP contribution in [0, 0.1) is 0 Å². The van der Waals surface area contributed by atoms with Crippen molar-refractivity contribution in [3.05, 3.63) is 45.3 Å². The van der Waals surface area contributed by atoms with Crippen LogP contribution < -0.4 is 16.8 Å². The molecule has 0 aliphatic rings. The highest BCUT2D eigenvalue weighted by atomic mass is 32.1. The molecule has 2 rings (SSSR count). The molecule has 0 saturated carbocycles. The monoisotopic (exact) mass is 290 g/mol. The first kappa shape index (κ1) is 13.6. The zero-order chi connectivity index (χ0) is 14.0. The van der Waals surface area contributed by atoms with Crippen LogP contribution in [0.3, 0.4) is 0 Å². The van der Waals surface area contributed by atoms with Crippen molar-refractivity contribution in [2.75, 3.05) is 5.43 Å². The summed E-state index contributed by atoms with van der Waals surface area (Å²) in [6, 6.07) is 1.66. The van der Waals surface area contributed by atoms with Gasteiger partial charge in [0.2, 0.25) is 0 Å². The van der Waals surface area contributed by atoms with Gasteiger partial charge in [0, 0.05) is 23.3 Å². The fourth-order valence-corrected chi connectivity index (χ4v) is 2.16. The largest absolute Gasteiger partial charge is 0.417 e. The van der Waals surface area contributed by atoms with Gasteiger partial charge < -0.3 is 4.57 Å². The van der Waals surface area contributed by atoms with Gasteiger partial charge in [-0.1, -0.05) is 11.3 Å². The molecule has 0 amide bonds. The second-order valence-electron chi connectivity index (χ2n) is 3.66. The number of nitrogen functional groups attached to an aromatic ring is 1. The highest BCUT2D eigenvalue weighted by molar-refractivity contribution is 7.15. The Hall–Kier alpha value is -1.87. The smallest absolute Gasteiger partial charge is 0.310 e. The first-order valence-corrected chi connectivity index (χ1v) is 5.91. The molecule has 2 aromatic heterocycles. The molecule has 0 spiro atoms. The van der Waals surface area contributed by atoms with E-state index in [9.17, 15) is 18.0 Å². The predicted molar refractivity (Wildman–Crippen MR) is 64.7 cm³/mol. The van der Waals surface area contributed by atoms with Crippen molar-refractivity contribution >= 4 is 16.5 Å². The van der Waals surface area contributed by atoms with E-state index >= 15 is 0 Å². The summed E-state index contributed by atoms with van der Waals surface area (Å²) < 4.78 is 38.6. The Morgan fingerprint density at radius 1 is 1.42 bits per heavy atom. The van der Waals surface area contributed by atoms with Crippen LogP contribution >= 0.6 is 11.3 Å². The van der Waals surface area contributed by atoms with E-state index in [4.69, 9.17) is 5.84 Å². The zero-order valence-corrected chi connectivity index (χ0v) is 10.3. The summed E-state index contributed by atoms with van der Waals surface area (Å²) in [6.45, 7) is 0.0160. The number of hydrazine groups is 1. The SMILES string of the molecule is NNc1ncc(Cn2cc(C(F)(F)F)ccc2=O)s1. The summed E-state index contributed by atoms with van der Waals surface area (Å²) in [5, 5.41) is 0.426. The van der Waals surface area contributed by atoms with E-state index in [1.165, 1.54) is 6.20 Å². The van der Waals surface area contributed by atoms with Gasteiger partial charge in [-0.2, -0.15) is 13.2 Å². The summed E-state index contributed by atoms with van der Waals surface area (Å²) in [5.41, 5.74) is 0.946. The number of halogens is 3. The second-order valence-corrected chi connectivity index (χ2v) is 4.77. The molecule has 5 nitrogen and oxygen atoms in total. The lowest BCUT2D eigenvalue weighted by Crippen LogP contribution is -2.21. The number of aromatic nitrogens is 2. The van der Waals surface area contributed by atoms with E-state index in [0.717, 1.165) is 34.2 Å². The highest BCUT2D eigenvalue weighted by Crippen LogP contribution is 2.28. The van der Waals surface area contributed by atoms with E-state index in [0.29, 0.717) is 10.0 Å². The zero-order valence-electron chi connectivity index (χ0n) is 9.44. The van der Waals surface area contributed by atoms with Crippen LogP contribution in [0.15, 0.2) is 29.3 Å². The molecule has 0 unspecified atom stereocenters. The van der Waals surface area contributed by atoms with Crippen LogP contribution in [0.2, 0.25) is 0 Å². The van der Waals surface area contributed by atoms with Crippen molar-refractivity contribution in [1.82, 2.24) is 9.55 Å². The van der Waals surface area contributed by atoms with E-state index in [1.54, 1.807) is 0 Å². The molecular weight excluding hydrogens is 281 g/mol. The van der Waals surface area contributed by atoms with Gasteiger partial charge in [0.15, 0.2) is 5.13 Å². The number of pyridine rings is 1. The molecule has 0 bridgehead atoms. The van der Waals surface area contributed by atoms with Crippen molar-refractivity contribution in [3.8, 4) is 0 Å². The number of thiazole rings is 1. The molecule has 0 saturated heterocycles. The molecule has 19 heavy (non-hydrogen) atoms. The number of rotatable bonds is 3. The topological polar surface area (TPSA) is 72.9 Å². The lowest BCUT2D eigenvalue weighted by atomic mass is 10.3. The van der Waals surface area contributed by atoms with Crippen molar-refractivity contribution in [3.63, 3.8) is 0 Å². The Kier molecular flexibility index (Phi) is 3.58. The third kappa shape index (κ3) is 3.12. The Morgan fingerprint density at radius 2 is 2.16 bits per heavy atom. The van der Waals surface area contributed by atoms with Crippen molar-refractivity contribution < 1.29 is 13.2 Å². The fourth-order valence-electron chi connectivity index (χ4n) is 1.44. The molecule has 0 aliphatic heterocycles. The van der Waals surface area contributed by atoms with Crippen molar-refractivity contribution in [2.24, 2.45) is 5.84 Å². The van der Waals surface area contributed by atoms with Crippen LogP contribution in [0.25, 0.3) is 0 Å². The van der Waals surface area contributed by atoms with E-state index < -0.39 is 17.3 Å². The van der Waals surface area contributed by atoms with E-state index in [-0.39, 0.29) is 6.54 Å². The summed E-state index contributed by atoms with van der Waals surface area (Å²) in [5.74, 6) is 5.15. The Morgan fingerprint density at radius 3 is 2.74 bits per heavy atom. The maximum atomic E-state index is 12.5. The number of hydrogen-bond acceptors (Lipinski definition) is 5. The lowest BCUT2D eigenvalue weighted by molar-refractivity contribution is -0.138. The minimum Gasteiger partial charge on any atom is -0.310 e. The van der Waals surface area contributed by atoms with Gasteiger partial charge in [-0.05, 0) is 6.07 Å². The molecule has 2 aromatic rings. The maximum absolute atomic E-state index is 12.5. The molecule has 0 atom stereocenters. The fraction of sp³-hybridized carbons (Fsp3) is 0.200. The average Bonchev–Trinajstić information content (AvgIpc) is 2.78. The minimum absolute atomic E-state index is 0.0160. The maximum Gasteiger partial charge on any atom is 0.417 e. The quantitative estimate of drug-likeness (QED) is 0.666. The van der Waals surface area contributed by atoms with Gasteiger partial charge >= 0.3 is 6.18 Å². The molecule has 2 heterocycles. The van der Waals surface area contributed by atoms with Crippen LogP contribution in [-0.4, -0.2) is 9.55 Å². The third-order valence-electron chi connectivity index (χ3n) is 2.31. The van der Waals surface area contributed by atoms with Crippen LogP contribution in [0.4, 0.5) is 18.3 Å². The number of alkyl halides is 3. The van der Waals surface area contributed by atoms with Gasteiger partial charge in [0.25, 0.3) is 5.56 Å². The van der Waals surface area contributed by atoms with E-state index in [1.807, 2.05) is 0 Å². The van der Waals surface area contributed by atoms with Crippen LogP contribution in [-0.2, 0) is 12.7 Å². The van der Waals surface area contributed by atoms with Gasteiger partial charge in [0.05, 0.1) is 12.1 Å². The predicted octanol–water partition coefficient (Wildman–Crippen LogP) is 1.66. The Labute approximate surface area is 109 Å². The summed E-state index contributed by atoms with van der Waals surface area (Å²) in [7, 11) is 0. The summed E-state index contributed by atoms with van der Waals surface area (Å²) >= 11 is 1.16. The molecule has 0 aliphatic carbocycles. The van der Waals surface area contributed by atoms with Gasteiger partial charge in [-0.15, -0.1) is 0 Å². The Balaban J connectivity index is 2.31. The highest BCUT2D eigenvalue weighted by Gasteiger charge is 2.31. The standard InChI is InChI=1S/C10H9F3N4OS/c11-10(12,13)6-1-2-8(18)17(4-6)5-7-3-15-9(16-14)19-7/h1-4H,5,14H2,(H,15,16). The molecular formula is C10H9F3N4OS. The second kappa shape index (κ2) is 5.02.